The van der Waals surface area contributed by atoms with E-state index in [2.05, 4.69) is 17.3 Å². The van der Waals surface area contributed by atoms with Crippen LogP contribution in [0.25, 0.3) is 0 Å². The van der Waals surface area contributed by atoms with Crippen molar-refractivity contribution >= 4 is 11.4 Å². The molecule has 19 heavy (non-hydrogen) atoms. The lowest BCUT2D eigenvalue weighted by Gasteiger charge is -2.35. The van der Waals surface area contributed by atoms with Gasteiger partial charge in [-0.25, -0.2) is 0 Å². The van der Waals surface area contributed by atoms with Crippen LogP contribution in [0, 0.1) is 10.1 Å². The largest absolute Gasteiger partial charge is 0.380 e. The first-order valence-corrected chi connectivity index (χ1v) is 6.84. The van der Waals surface area contributed by atoms with E-state index in [0.29, 0.717) is 18.3 Å². The molecule has 0 spiro atoms. The molecule has 104 valence electrons. The molecule has 0 amide bonds. The highest BCUT2D eigenvalue weighted by Crippen LogP contribution is 2.31. The third-order valence-electron chi connectivity index (χ3n) is 3.80. The van der Waals surface area contributed by atoms with Crippen molar-refractivity contribution in [1.82, 2.24) is 4.90 Å². The minimum Gasteiger partial charge on any atom is -0.380 e. The van der Waals surface area contributed by atoms with Crippen LogP contribution in [0.2, 0.25) is 0 Å². The molecular weight excluding hydrogens is 242 g/mol. The van der Waals surface area contributed by atoms with Gasteiger partial charge < -0.3 is 5.32 Å². The summed E-state index contributed by atoms with van der Waals surface area (Å²) in [6, 6.07) is 5.93. The van der Waals surface area contributed by atoms with Crippen LogP contribution in [0.1, 0.15) is 31.7 Å². The molecule has 0 radical (unpaired) electrons. The van der Waals surface area contributed by atoms with Gasteiger partial charge in [0.1, 0.15) is 5.69 Å². The molecule has 0 atom stereocenters. The van der Waals surface area contributed by atoms with Gasteiger partial charge >= 0.3 is 0 Å². The lowest BCUT2D eigenvalue weighted by atomic mass is 9.91. The number of anilines is 1. The van der Waals surface area contributed by atoms with Gasteiger partial charge in [0.05, 0.1) is 4.92 Å². The third-order valence-corrected chi connectivity index (χ3v) is 3.80. The summed E-state index contributed by atoms with van der Waals surface area (Å²) >= 11 is 0. The molecule has 0 heterocycles. The Kier molecular flexibility index (Phi) is 4.37. The van der Waals surface area contributed by atoms with Crippen LogP contribution in [-0.2, 0) is 6.54 Å². The van der Waals surface area contributed by atoms with Crippen LogP contribution < -0.4 is 5.32 Å². The number of hydrogen-bond donors (Lipinski definition) is 1. The van der Waals surface area contributed by atoms with E-state index in [4.69, 9.17) is 0 Å². The Morgan fingerprint density at radius 2 is 2.21 bits per heavy atom. The normalized spacial score (nSPS) is 15.3. The SMILES string of the molecule is CCNc1c(CN(C)C2CCC2)cccc1[N+](=O)[O-]. The van der Waals surface area contributed by atoms with Gasteiger partial charge in [0.15, 0.2) is 0 Å². The standard InChI is InChI=1S/C14H21N3O2/c1-3-15-14-11(6-4-9-13(14)17(18)19)10-16(2)12-7-5-8-12/h4,6,9,12,15H,3,5,7-8,10H2,1-2H3. The van der Waals surface area contributed by atoms with Crippen molar-refractivity contribution in [1.29, 1.82) is 0 Å². The summed E-state index contributed by atoms with van der Waals surface area (Å²) in [6.07, 6.45) is 3.77. The molecule has 0 aromatic heterocycles. The molecule has 1 aromatic carbocycles. The van der Waals surface area contributed by atoms with E-state index < -0.39 is 0 Å². The minimum absolute atomic E-state index is 0.168. The van der Waals surface area contributed by atoms with E-state index in [9.17, 15) is 10.1 Å². The fourth-order valence-corrected chi connectivity index (χ4v) is 2.48. The van der Waals surface area contributed by atoms with Crippen molar-refractivity contribution in [2.45, 2.75) is 38.8 Å². The predicted octanol–water partition coefficient (Wildman–Crippen LogP) is 3.01. The lowest BCUT2D eigenvalue weighted by Crippen LogP contribution is -2.36. The molecule has 0 bridgehead atoms. The molecule has 1 saturated carbocycles. The van der Waals surface area contributed by atoms with Crippen molar-refractivity contribution < 1.29 is 4.92 Å². The van der Waals surface area contributed by atoms with Gasteiger partial charge in [-0.05, 0) is 32.4 Å². The molecule has 1 aromatic rings. The van der Waals surface area contributed by atoms with Crippen molar-refractivity contribution in [2.24, 2.45) is 0 Å². The second-order valence-electron chi connectivity index (χ2n) is 5.10. The van der Waals surface area contributed by atoms with E-state index in [1.165, 1.54) is 19.3 Å². The lowest BCUT2D eigenvalue weighted by molar-refractivity contribution is -0.384. The first kappa shape index (κ1) is 13.8. The highest BCUT2D eigenvalue weighted by Gasteiger charge is 2.24. The number of nitrogens with one attached hydrogen (secondary N) is 1. The number of benzene rings is 1. The average molecular weight is 263 g/mol. The van der Waals surface area contributed by atoms with E-state index in [0.717, 1.165) is 12.1 Å². The zero-order valence-corrected chi connectivity index (χ0v) is 11.6. The summed E-state index contributed by atoms with van der Waals surface area (Å²) in [7, 11) is 2.10. The molecule has 0 unspecified atom stereocenters. The maximum Gasteiger partial charge on any atom is 0.292 e. The van der Waals surface area contributed by atoms with Crippen molar-refractivity contribution in [3.05, 3.63) is 33.9 Å². The summed E-state index contributed by atoms with van der Waals surface area (Å²) < 4.78 is 0. The van der Waals surface area contributed by atoms with E-state index in [1.54, 1.807) is 12.1 Å². The summed E-state index contributed by atoms with van der Waals surface area (Å²) in [5.74, 6) is 0. The number of nitro benzene ring substituents is 1. The average Bonchev–Trinajstić information content (AvgIpc) is 2.28. The number of hydrogen-bond acceptors (Lipinski definition) is 4. The molecule has 1 aliphatic carbocycles. The molecule has 1 N–H and O–H groups in total. The van der Waals surface area contributed by atoms with Crippen LogP contribution in [0.3, 0.4) is 0 Å². The maximum absolute atomic E-state index is 11.1. The molecule has 1 fully saturated rings. The van der Waals surface area contributed by atoms with Gasteiger partial charge in [-0.15, -0.1) is 0 Å². The second kappa shape index (κ2) is 6.02. The van der Waals surface area contributed by atoms with Crippen LogP contribution in [-0.4, -0.2) is 29.5 Å². The maximum atomic E-state index is 11.1. The van der Waals surface area contributed by atoms with Crippen LogP contribution in [0.4, 0.5) is 11.4 Å². The Hall–Kier alpha value is -1.62. The predicted molar refractivity (Wildman–Crippen MR) is 76.4 cm³/mol. The first-order chi connectivity index (χ1) is 9.13. The molecule has 5 nitrogen and oxygen atoms in total. The number of para-hydroxylation sites is 1. The molecule has 0 saturated heterocycles. The number of nitrogens with zero attached hydrogens (tertiary/aromatic N) is 2. The fraction of sp³-hybridized carbons (Fsp3) is 0.571. The zero-order chi connectivity index (χ0) is 13.8. The zero-order valence-electron chi connectivity index (χ0n) is 11.6. The topological polar surface area (TPSA) is 58.4 Å². The highest BCUT2D eigenvalue weighted by atomic mass is 16.6. The monoisotopic (exact) mass is 263 g/mol. The highest BCUT2D eigenvalue weighted by molar-refractivity contribution is 5.66. The molecule has 0 aliphatic heterocycles. The van der Waals surface area contributed by atoms with Crippen LogP contribution in [0.5, 0.6) is 0 Å². The van der Waals surface area contributed by atoms with Gasteiger partial charge in [-0.2, -0.15) is 0 Å². The smallest absolute Gasteiger partial charge is 0.292 e. The van der Waals surface area contributed by atoms with E-state index >= 15 is 0 Å². The summed E-state index contributed by atoms with van der Waals surface area (Å²) in [4.78, 5) is 13.1. The Bertz CT molecular complexity index is 458. The summed E-state index contributed by atoms with van der Waals surface area (Å²) in [5, 5.41) is 14.2. The third kappa shape index (κ3) is 3.04. The van der Waals surface area contributed by atoms with Gasteiger partial charge in [-0.3, -0.25) is 15.0 Å². The van der Waals surface area contributed by atoms with E-state index in [1.807, 2.05) is 13.0 Å². The Morgan fingerprint density at radius 1 is 1.47 bits per heavy atom. The summed E-state index contributed by atoms with van der Waals surface area (Å²) in [5.41, 5.74) is 1.84. The molecular formula is C14H21N3O2. The van der Waals surface area contributed by atoms with E-state index in [-0.39, 0.29) is 10.6 Å². The van der Waals surface area contributed by atoms with Crippen LogP contribution >= 0.6 is 0 Å². The Balaban J connectivity index is 2.22. The van der Waals surface area contributed by atoms with Crippen molar-refractivity contribution in [3.8, 4) is 0 Å². The number of nitro groups is 1. The first-order valence-electron chi connectivity index (χ1n) is 6.84. The number of rotatable bonds is 6. The second-order valence-corrected chi connectivity index (χ2v) is 5.10. The quantitative estimate of drug-likeness (QED) is 0.633. The molecule has 5 heteroatoms. The van der Waals surface area contributed by atoms with Gasteiger partial charge in [0, 0.05) is 25.2 Å². The van der Waals surface area contributed by atoms with Crippen LogP contribution in [0.15, 0.2) is 18.2 Å². The summed E-state index contributed by atoms with van der Waals surface area (Å²) in [6.45, 7) is 3.40. The van der Waals surface area contributed by atoms with Gasteiger partial charge in [0.2, 0.25) is 0 Å². The fourth-order valence-electron chi connectivity index (χ4n) is 2.48. The molecule has 1 aliphatic rings. The Labute approximate surface area is 113 Å². The molecule has 2 rings (SSSR count). The van der Waals surface area contributed by atoms with Crippen molar-refractivity contribution in [3.63, 3.8) is 0 Å². The van der Waals surface area contributed by atoms with Gasteiger partial charge in [-0.1, -0.05) is 18.6 Å². The van der Waals surface area contributed by atoms with Gasteiger partial charge in [0.25, 0.3) is 5.69 Å². The minimum atomic E-state index is -0.315. The Morgan fingerprint density at radius 3 is 2.74 bits per heavy atom. The van der Waals surface area contributed by atoms with Crippen molar-refractivity contribution in [2.75, 3.05) is 18.9 Å².